The second kappa shape index (κ2) is 4.61. The zero-order valence-electron chi connectivity index (χ0n) is 9.53. The average molecular weight is 226 g/mol. The number of carbonyl (C=O) groups is 1. The van der Waals surface area contributed by atoms with Crippen molar-refractivity contribution in [3.63, 3.8) is 0 Å². The lowest BCUT2D eigenvalue weighted by molar-refractivity contribution is -0.153. The van der Waals surface area contributed by atoms with E-state index in [0.29, 0.717) is 5.56 Å². The van der Waals surface area contributed by atoms with E-state index in [9.17, 15) is 14.3 Å². The zero-order valence-corrected chi connectivity index (χ0v) is 9.53. The summed E-state index contributed by atoms with van der Waals surface area (Å²) < 4.78 is 17.2. The van der Waals surface area contributed by atoms with Gasteiger partial charge < -0.3 is 9.84 Å². The molecule has 0 aliphatic rings. The van der Waals surface area contributed by atoms with E-state index in [1.807, 2.05) is 0 Å². The van der Waals surface area contributed by atoms with Crippen LogP contribution >= 0.6 is 0 Å². The van der Waals surface area contributed by atoms with Gasteiger partial charge in [-0.2, -0.15) is 0 Å². The van der Waals surface area contributed by atoms with Crippen LogP contribution in [0.4, 0.5) is 4.39 Å². The van der Waals surface area contributed by atoms with E-state index in [4.69, 9.17) is 0 Å². The lowest BCUT2D eigenvalue weighted by Crippen LogP contribution is -2.40. The van der Waals surface area contributed by atoms with Gasteiger partial charge in [-0.15, -0.1) is 0 Å². The number of aliphatic hydroxyl groups is 1. The van der Waals surface area contributed by atoms with E-state index in [1.165, 1.54) is 19.2 Å². The molecule has 88 valence electrons. The third kappa shape index (κ3) is 2.39. The molecule has 0 aliphatic heterocycles. The Hall–Kier alpha value is -1.42. The van der Waals surface area contributed by atoms with Crippen molar-refractivity contribution in [1.29, 1.82) is 0 Å². The van der Waals surface area contributed by atoms with Crippen molar-refractivity contribution >= 4 is 5.97 Å². The molecule has 1 rings (SSSR count). The van der Waals surface area contributed by atoms with E-state index in [2.05, 4.69) is 4.74 Å². The van der Waals surface area contributed by atoms with Gasteiger partial charge in [-0.25, -0.2) is 9.18 Å². The number of aliphatic hydroxyl groups excluding tert-OH is 1. The van der Waals surface area contributed by atoms with Gasteiger partial charge in [0.1, 0.15) is 5.82 Å². The van der Waals surface area contributed by atoms with Crippen LogP contribution in [0.2, 0.25) is 0 Å². The highest BCUT2D eigenvalue weighted by atomic mass is 19.1. The molecule has 0 radical (unpaired) electrons. The summed E-state index contributed by atoms with van der Waals surface area (Å²) in [5, 5.41) is 9.80. The third-order valence-electron chi connectivity index (χ3n) is 2.70. The van der Waals surface area contributed by atoms with Crippen LogP contribution in [0.1, 0.15) is 19.4 Å². The minimum atomic E-state index is -1.28. The highest BCUT2D eigenvalue weighted by Gasteiger charge is 2.35. The minimum Gasteiger partial charge on any atom is -0.467 e. The second-order valence-electron chi connectivity index (χ2n) is 4.15. The van der Waals surface area contributed by atoms with Crippen LogP contribution in [0.15, 0.2) is 24.3 Å². The summed E-state index contributed by atoms with van der Waals surface area (Å²) in [7, 11) is 1.21. The standard InChI is InChI=1S/C12H15FO3/c1-12(2,10(14)11(15)16-3)8-4-6-9(13)7-5-8/h4-7,10,14H,1-3H3. The minimum absolute atomic E-state index is 0.355. The number of rotatable bonds is 3. The van der Waals surface area contributed by atoms with Gasteiger partial charge in [0, 0.05) is 5.41 Å². The molecule has 0 bridgehead atoms. The fourth-order valence-electron chi connectivity index (χ4n) is 1.44. The van der Waals surface area contributed by atoms with E-state index in [0.717, 1.165) is 0 Å². The topological polar surface area (TPSA) is 46.5 Å². The molecule has 16 heavy (non-hydrogen) atoms. The molecule has 1 unspecified atom stereocenters. The smallest absolute Gasteiger partial charge is 0.335 e. The molecule has 0 fully saturated rings. The normalized spacial score (nSPS) is 13.3. The van der Waals surface area contributed by atoms with Gasteiger partial charge in [0.15, 0.2) is 6.10 Å². The summed E-state index contributed by atoms with van der Waals surface area (Å²) in [4.78, 5) is 11.3. The number of ether oxygens (including phenoxy) is 1. The summed E-state index contributed by atoms with van der Waals surface area (Å²) >= 11 is 0. The SMILES string of the molecule is COC(=O)C(O)C(C)(C)c1ccc(F)cc1. The van der Waals surface area contributed by atoms with Crippen molar-refractivity contribution in [3.05, 3.63) is 35.6 Å². The summed E-state index contributed by atoms with van der Waals surface area (Å²) in [5.74, 6) is -1.05. The summed E-state index contributed by atoms with van der Waals surface area (Å²) in [6.45, 7) is 3.39. The van der Waals surface area contributed by atoms with Crippen LogP contribution in [0, 0.1) is 5.82 Å². The first-order chi connectivity index (χ1) is 7.39. The van der Waals surface area contributed by atoms with Crippen LogP contribution in [-0.4, -0.2) is 24.3 Å². The Bertz CT molecular complexity index is 370. The van der Waals surface area contributed by atoms with Crippen molar-refractivity contribution in [1.82, 2.24) is 0 Å². The Morgan fingerprint density at radius 3 is 2.31 bits per heavy atom. The van der Waals surface area contributed by atoms with Crippen LogP contribution in [-0.2, 0) is 14.9 Å². The molecule has 0 spiro atoms. The maximum absolute atomic E-state index is 12.7. The van der Waals surface area contributed by atoms with Gasteiger partial charge >= 0.3 is 5.97 Å². The zero-order chi connectivity index (χ0) is 12.3. The Morgan fingerprint density at radius 2 is 1.88 bits per heavy atom. The first kappa shape index (κ1) is 12.6. The molecule has 1 N–H and O–H groups in total. The Kier molecular flexibility index (Phi) is 3.65. The molecule has 1 aromatic carbocycles. The van der Waals surface area contributed by atoms with Gasteiger partial charge in [0.25, 0.3) is 0 Å². The van der Waals surface area contributed by atoms with E-state index in [1.54, 1.807) is 26.0 Å². The highest BCUT2D eigenvalue weighted by Crippen LogP contribution is 2.27. The quantitative estimate of drug-likeness (QED) is 0.797. The first-order valence-corrected chi connectivity index (χ1v) is 4.91. The molecule has 0 aromatic heterocycles. The van der Waals surface area contributed by atoms with Crippen molar-refractivity contribution < 1.29 is 19.0 Å². The molecule has 0 amide bonds. The van der Waals surface area contributed by atoms with Crippen molar-refractivity contribution in [2.24, 2.45) is 0 Å². The number of benzene rings is 1. The summed E-state index contributed by atoms with van der Waals surface area (Å²) in [5.41, 5.74) is -0.146. The molecule has 0 heterocycles. The van der Waals surface area contributed by atoms with Gasteiger partial charge in [-0.1, -0.05) is 26.0 Å². The molecule has 4 heteroatoms. The maximum Gasteiger partial charge on any atom is 0.335 e. The summed E-state index contributed by atoms with van der Waals surface area (Å²) in [6, 6.07) is 5.67. The number of hydrogen-bond acceptors (Lipinski definition) is 3. The van der Waals surface area contributed by atoms with Crippen molar-refractivity contribution in [3.8, 4) is 0 Å². The molecule has 1 aromatic rings. The number of hydrogen-bond donors (Lipinski definition) is 1. The Morgan fingerprint density at radius 1 is 1.38 bits per heavy atom. The van der Waals surface area contributed by atoms with Gasteiger partial charge in [-0.3, -0.25) is 0 Å². The number of esters is 1. The van der Waals surface area contributed by atoms with Crippen molar-refractivity contribution in [2.45, 2.75) is 25.4 Å². The lowest BCUT2D eigenvalue weighted by Gasteiger charge is -2.29. The van der Waals surface area contributed by atoms with Crippen LogP contribution < -0.4 is 0 Å². The number of halogens is 1. The lowest BCUT2D eigenvalue weighted by atomic mass is 9.79. The van der Waals surface area contributed by atoms with Crippen LogP contribution in [0.3, 0.4) is 0 Å². The molecule has 0 saturated carbocycles. The van der Waals surface area contributed by atoms with Gasteiger partial charge in [0.2, 0.25) is 0 Å². The highest BCUT2D eigenvalue weighted by molar-refractivity contribution is 5.76. The molecule has 0 aliphatic carbocycles. The predicted molar refractivity (Wildman–Crippen MR) is 57.4 cm³/mol. The van der Waals surface area contributed by atoms with Gasteiger partial charge in [-0.05, 0) is 17.7 Å². The monoisotopic (exact) mass is 226 g/mol. The van der Waals surface area contributed by atoms with Crippen LogP contribution in [0.25, 0.3) is 0 Å². The van der Waals surface area contributed by atoms with E-state index in [-0.39, 0.29) is 5.82 Å². The van der Waals surface area contributed by atoms with E-state index >= 15 is 0 Å². The first-order valence-electron chi connectivity index (χ1n) is 4.91. The fraction of sp³-hybridized carbons (Fsp3) is 0.417. The van der Waals surface area contributed by atoms with E-state index < -0.39 is 17.5 Å². The van der Waals surface area contributed by atoms with Crippen molar-refractivity contribution in [2.75, 3.05) is 7.11 Å². The molecule has 0 saturated heterocycles. The van der Waals surface area contributed by atoms with Crippen LogP contribution in [0.5, 0.6) is 0 Å². The number of methoxy groups -OCH3 is 1. The Balaban J connectivity index is 3.01. The Labute approximate surface area is 93.9 Å². The molecule has 3 nitrogen and oxygen atoms in total. The molecular formula is C12H15FO3. The third-order valence-corrected chi connectivity index (χ3v) is 2.70. The number of carbonyl (C=O) groups excluding carboxylic acids is 1. The predicted octanol–water partition coefficient (Wildman–Crippen LogP) is 1.64. The average Bonchev–Trinajstić information content (AvgIpc) is 2.27. The maximum atomic E-state index is 12.7. The second-order valence-corrected chi connectivity index (χ2v) is 4.15. The van der Waals surface area contributed by atoms with Gasteiger partial charge in [0.05, 0.1) is 7.11 Å². The largest absolute Gasteiger partial charge is 0.467 e. The molecule has 1 atom stereocenters. The summed E-state index contributed by atoms with van der Waals surface area (Å²) in [6.07, 6.45) is -1.28. The molecular weight excluding hydrogens is 211 g/mol. The fourth-order valence-corrected chi connectivity index (χ4v) is 1.44.